The Labute approximate surface area is 384 Å². The van der Waals surface area contributed by atoms with Crippen LogP contribution in [0.2, 0.25) is 0 Å². The van der Waals surface area contributed by atoms with Crippen LogP contribution >= 0.6 is 0 Å². The molecule has 1 heterocycles. The second-order valence-electron chi connectivity index (χ2n) is 16.9. The van der Waals surface area contributed by atoms with Crippen molar-refractivity contribution in [3.63, 3.8) is 0 Å². The third-order valence-corrected chi connectivity index (χ3v) is 12.9. The van der Waals surface area contributed by atoms with Gasteiger partial charge in [-0.3, -0.25) is 0 Å². The van der Waals surface area contributed by atoms with Crippen LogP contribution in [0.15, 0.2) is 265 Å². The van der Waals surface area contributed by atoms with Gasteiger partial charge < -0.3 is 9.32 Å². The summed E-state index contributed by atoms with van der Waals surface area (Å²) < 4.78 is 6.28. The van der Waals surface area contributed by atoms with E-state index < -0.39 is 0 Å². The molecule has 0 fully saturated rings. The van der Waals surface area contributed by atoms with E-state index in [0.717, 1.165) is 61.3 Å². The molecule has 12 rings (SSSR count). The standard InChI is InChI=1S/C64H43NO/c1-2-16-46(17-3-1)55-21-6-8-23-57(55)59-25-10-11-26-60(59)58-24-9-7-22-56(58)47-33-38-53(39-34-47)65(54-20-14-19-49(42-54)50-30-29-44-15-4-5-18-48(44)41-50)52-36-31-45(32-37-52)51-35-40-62-61-27-12-13-28-63(61)66-64(62)43-51/h1-43H. The normalized spacial score (nSPS) is 11.3. The highest BCUT2D eigenvalue weighted by atomic mass is 16.3. The van der Waals surface area contributed by atoms with Gasteiger partial charge in [0.2, 0.25) is 0 Å². The summed E-state index contributed by atoms with van der Waals surface area (Å²) in [5.74, 6) is 0. The molecular formula is C64H43NO. The minimum Gasteiger partial charge on any atom is -0.456 e. The van der Waals surface area contributed by atoms with Crippen LogP contribution in [0.5, 0.6) is 0 Å². The highest BCUT2D eigenvalue weighted by Crippen LogP contribution is 2.43. The summed E-state index contributed by atoms with van der Waals surface area (Å²) in [4.78, 5) is 2.36. The third kappa shape index (κ3) is 7.21. The van der Waals surface area contributed by atoms with Gasteiger partial charge in [-0.25, -0.2) is 0 Å². The molecule has 0 radical (unpaired) electrons. The second kappa shape index (κ2) is 16.8. The molecular weight excluding hydrogens is 799 g/mol. The molecule has 2 nitrogen and oxygen atoms in total. The Morgan fingerprint density at radius 3 is 1.36 bits per heavy atom. The number of anilines is 3. The second-order valence-corrected chi connectivity index (χ2v) is 16.9. The summed E-state index contributed by atoms with van der Waals surface area (Å²) in [6.07, 6.45) is 0. The van der Waals surface area contributed by atoms with Gasteiger partial charge in [0.25, 0.3) is 0 Å². The lowest BCUT2D eigenvalue weighted by Crippen LogP contribution is -2.10. The summed E-state index contributed by atoms with van der Waals surface area (Å²) >= 11 is 0. The number of nitrogens with zero attached hydrogens (tertiary/aromatic N) is 1. The topological polar surface area (TPSA) is 16.4 Å². The minimum absolute atomic E-state index is 0.895. The molecule has 12 aromatic rings. The molecule has 0 unspecified atom stereocenters. The molecule has 0 amide bonds. The van der Waals surface area contributed by atoms with Gasteiger partial charge in [-0.2, -0.15) is 0 Å². The van der Waals surface area contributed by atoms with E-state index in [2.05, 4.69) is 254 Å². The minimum atomic E-state index is 0.895. The van der Waals surface area contributed by atoms with Crippen LogP contribution in [0.1, 0.15) is 0 Å². The highest BCUT2D eigenvalue weighted by molar-refractivity contribution is 6.06. The maximum Gasteiger partial charge on any atom is 0.136 e. The van der Waals surface area contributed by atoms with E-state index in [0.29, 0.717) is 0 Å². The monoisotopic (exact) mass is 841 g/mol. The quantitative estimate of drug-likeness (QED) is 0.144. The van der Waals surface area contributed by atoms with Gasteiger partial charge in [-0.05, 0) is 138 Å². The first kappa shape index (κ1) is 38.9. The lowest BCUT2D eigenvalue weighted by molar-refractivity contribution is 0.669. The van der Waals surface area contributed by atoms with Crippen LogP contribution in [-0.4, -0.2) is 0 Å². The number of benzene rings is 11. The van der Waals surface area contributed by atoms with Gasteiger partial charge in [0, 0.05) is 27.8 Å². The molecule has 11 aromatic carbocycles. The summed E-state index contributed by atoms with van der Waals surface area (Å²) in [7, 11) is 0. The maximum absolute atomic E-state index is 6.28. The summed E-state index contributed by atoms with van der Waals surface area (Å²) in [6.45, 7) is 0. The zero-order chi connectivity index (χ0) is 43.8. The van der Waals surface area contributed by atoms with Crippen LogP contribution in [0.4, 0.5) is 17.1 Å². The van der Waals surface area contributed by atoms with Crippen molar-refractivity contribution in [1.82, 2.24) is 0 Å². The molecule has 1 aromatic heterocycles. The lowest BCUT2D eigenvalue weighted by Gasteiger charge is -2.26. The Hall–Kier alpha value is -8.72. The Kier molecular flexibility index (Phi) is 9.89. The Morgan fingerprint density at radius 1 is 0.227 bits per heavy atom. The zero-order valence-corrected chi connectivity index (χ0v) is 36.2. The van der Waals surface area contributed by atoms with E-state index in [9.17, 15) is 0 Å². The molecule has 310 valence electrons. The number of furan rings is 1. The fourth-order valence-electron chi connectivity index (χ4n) is 9.65. The van der Waals surface area contributed by atoms with E-state index >= 15 is 0 Å². The number of rotatable bonds is 9. The molecule has 0 aliphatic heterocycles. The zero-order valence-electron chi connectivity index (χ0n) is 36.2. The van der Waals surface area contributed by atoms with Crippen molar-refractivity contribution in [2.45, 2.75) is 0 Å². The van der Waals surface area contributed by atoms with Crippen molar-refractivity contribution in [2.24, 2.45) is 0 Å². The molecule has 0 N–H and O–H groups in total. The van der Waals surface area contributed by atoms with Crippen molar-refractivity contribution < 1.29 is 4.42 Å². The van der Waals surface area contributed by atoms with Gasteiger partial charge >= 0.3 is 0 Å². The molecule has 0 saturated heterocycles. The van der Waals surface area contributed by atoms with Gasteiger partial charge in [0.15, 0.2) is 0 Å². The fourth-order valence-corrected chi connectivity index (χ4v) is 9.65. The van der Waals surface area contributed by atoms with E-state index in [1.54, 1.807) is 0 Å². The van der Waals surface area contributed by atoms with E-state index in [1.807, 2.05) is 12.1 Å². The molecule has 2 heteroatoms. The van der Waals surface area contributed by atoms with E-state index in [-0.39, 0.29) is 0 Å². The summed E-state index contributed by atoms with van der Waals surface area (Å²) in [5, 5.41) is 4.74. The highest BCUT2D eigenvalue weighted by Gasteiger charge is 2.18. The van der Waals surface area contributed by atoms with Crippen molar-refractivity contribution in [3.8, 4) is 66.8 Å². The van der Waals surface area contributed by atoms with Crippen LogP contribution in [0.25, 0.3) is 99.5 Å². The van der Waals surface area contributed by atoms with Crippen molar-refractivity contribution in [3.05, 3.63) is 261 Å². The van der Waals surface area contributed by atoms with Gasteiger partial charge in [0.05, 0.1) is 0 Å². The summed E-state index contributed by atoms with van der Waals surface area (Å²) in [6, 6.07) is 93.9. The van der Waals surface area contributed by atoms with Crippen molar-refractivity contribution >= 4 is 49.8 Å². The number of hydrogen-bond acceptors (Lipinski definition) is 2. The first-order chi connectivity index (χ1) is 32.7. The molecule has 0 aliphatic carbocycles. The predicted molar refractivity (Wildman–Crippen MR) is 279 cm³/mol. The Morgan fingerprint density at radius 2 is 0.682 bits per heavy atom. The van der Waals surface area contributed by atoms with Gasteiger partial charge in [0.1, 0.15) is 11.2 Å². The largest absolute Gasteiger partial charge is 0.456 e. The number of hydrogen-bond donors (Lipinski definition) is 0. The SMILES string of the molecule is c1ccc(-c2ccccc2-c2ccccc2-c2ccccc2-c2ccc(N(c3ccc(-c4ccc5c(c4)oc4ccccc45)cc3)c3cccc(-c4ccc5ccccc5c4)c3)cc2)cc1. The van der Waals surface area contributed by atoms with E-state index in [4.69, 9.17) is 4.42 Å². The Bertz CT molecular complexity index is 3700. The smallest absolute Gasteiger partial charge is 0.136 e. The number of fused-ring (bicyclic) bond motifs is 4. The predicted octanol–water partition coefficient (Wildman–Crippen LogP) is 18.2. The van der Waals surface area contributed by atoms with Crippen LogP contribution in [0.3, 0.4) is 0 Å². The third-order valence-electron chi connectivity index (χ3n) is 12.9. The van der Waals surface area contributed by atoms with Crippen molar-refractivity contribution in [2.75, 3.05) is 4.90 Å². The molecule has 0 atom stereocenters. The average Bonchev–Trinajstić information content (AvgIpc) is 3.77. The summed E-state index contributed by atoms with van der Waals surface area (Å²) in [5.41, 5.74) is 19.2. The van der Waals surface area contributed by atoms with Crippen LogP contribution in [0, 0.1) is 0 Å². The maximum atomic E-state index is 6.28. The first-order valence-corrected chi connectivity index (χ1v) is 22.6. The Balaban J connectivity index is 0.935. The molecule has 66 heavy (non-hydrogen) atoms. The lowest BCUT2D eigenvalue weighted by atomic mass is 9.87. The van der Waals surface area contributed by atoms with Crippen LogP contribution < -0.4 is 4.90 Å². The number of para-hydroxylation sites is 1. The molecule has 0 bridgehead atoms. The van der Waals surface area contributed by atoms with Crippen LogP contribution in [-0.2, 0) is 0 Å². The van der Waals surface area contributed by atoms with Crippen molar-refractivity contribution in [1.29, 1.82) is 0 Å². The molecule has 0 aliphatic rings. The van der Waals surface area contributed by atoms with E-state index in [1.165, 1.54) is 55.3 Å². The van der Waals surface area contributed by atoms with Gasteiger partial charge in [-0.15, -0.1) is 0 Å². The molecule has 0 spiro atoms. The molecule has 0 saturated carbocycles. The average molecular weight is 842 g/mol. The van der Waals surface area contributed by atoms with Gasteiger partial charge in [-0.1, -0.05) is 200 Å². The fraction of sp³-hybridized carbons (Fsp3) is 0. The first-order valence-electron chi connectivity index (χ1n) is 22.6.